The number of furan rings is 1. The molecular formula is C17H8Cl2N4OS. The first-order valence-corrected chi connectivity index (χ1v) is 8.93. The van der Waals surface area contributed by atoms with Crippen LogP contribution >= 0.6 is 34.5 Å². The number of halogens is 2. The third kappa shape index (κ3) is 2.41. The molecule has 5 rings (SSSR count). The lowest BCUT2D eigenvalue weighted by molar-refractivity contribution is 0.622. The van der Waals surface area contributed by atoms with Gasteiger partial charge >= 0.3 is 0 Å². The highest BCUT2D eigenvalue weighted by molar-refractivity contribution is 7.19. The number of hydrogen-bond donors (Lipinski definition) is 0. The van der Waals surface area contributed by atoms with Gasteiger partial charge in [-0.2, -0.15) is 9.61 Å². The van der Waals surface area contributed by atoms with Crippen LogP contribution in [-0.2, 0) is 0 Å². The van der Waals surface area contributed by atoms with E-state index in [9.17, 15) is 0 Å². The second kappa shape index (κ2) is 5.56. The van der Waals surface area contributed by atoms with Gasteiger partial charge in [0.25, 0.3) is 0 Å². The molecule has 3 aromatic heterocycles. The maximum Gasteiger partial charge on any atom is 0.235 e. The fraction of sp³-hybridized carbons (Fsp3) is 0. The Morgan fingerprint density at radius 2 is 1.84 bits per heavy atom. The highest BCUT2D eigenvalue weighted by Gasteiger charge is 2.18. The number of aromatic nitrogens is 4. The maximum atomic E-state index is 6.10. The lowest BCUT2D eigenvalue weighted by Crippen LogP contribution is -1.89. The van der Waals surface area contributed by atoms with Crippen LogP contribution in [0.15, 0.2) is 52.9 Å². The zero-order chi connectivity index (χ0) is 17.0. The molecule has 25 heavy (non-hydrogen) atoms. The Morgan fingerprint density at radius 3 is 2.68 bits per heavy atom. The summed E-state index contributed by atoms with van der Waals surface area (Å²) in [6.45, 7) is 0. The molecule has 0 aliphatic rings. The van der Waals surface area contributed by atoms with Crippen LogP contribution in [0.5, 0.6) is 0 Å². The van der Waals surface area contributed by atoms with E-state index in [1.165, 1.54) is 11.3 Å². The monoisotopic (exact) mass is 386 g/mol. The second-order valence-corrected chi connectivity index (χ2v) is 7.17. The van der Waals surface area contributed by atoms with Gasteiger partial charge in [0.2, 0.25) is 10.8 Å². The van der Waals surface area contributed by atoms with E-state index in [1.807, 2.05) is 36.4 Å². The number of benzene rings is 2. The summed E-state index contributed by atoms with van der Waals surface area (Å²) in [6, 6.07) is 15.2. The van der Waals surface area contributed by atoms with E-state index in [0.717, 1.165) is 21.5 Å². The quantitative estimate of drug-likeness (QED) is 0.397. The third-order valence-corrected chi connectivity index (χ3v) is 5.49. The summed E-state index contributed by atoms with van der Waals surface area (Å²) in [6.07, 6.45) is 0. The molecule has 122 valence electrons. The van der Waals surface area contributed by atoms with Gasteiger partial charge in [0, 0.05) is 10.9 Å². The van der Waals surface area contributed by atoms with Crippen molar-refractivity contribution < 1.29 is 4.42 Å². The van der Waals surface area contributed by atoms with Gasteiger partial charge < -0.3 is 4.42 Å². The van der Waals surface area contributed by atoms with Gasteiger partial charge in [-0.1, -0.05) is 58.8 Å². The van der Waals surface area contributed by atoms with Crippen molar-refractivity contribution in [1.29, 1.82) is 0 Å². The summed E-state index contributed by atoms with van der Waals surface area (Å²) in [4.78, 5) is 0.677. The molecule has 5 aromatic rings. The number of hydrogen-bond acceptors (Lipinski definition) is 5. The minimum Gasteiger partial charge on any atom is -0.453 e. The summed E-state index contributed by atoms with van der Waals surface area (Å²) < 4.78 is 7.55. The van der Waals surface area contributed by atoms with Gasteiger partial charge in [-0.15, -0.1) is 10.2 Å². The molecule has 8 heteroatoms. The highest BCUT2D eigenvalue weighted by Crippen LogP contribution is 2.33. The number of rotatable bonds is 2. The van der Waals surface area contributed by atoms with E-state index < -0.39 is 0 Å². The Kier molecular flexibility index (Phi) is 3.31. The summed E-state index contributed by atoms with van der Waals surface area (Å²) in [5.74, 6) is 1.19. The average molecular weight is 387 g/mol. The van der Waals surface area contributed by atoms with E-state index in [4.69, 9.17) is 27.6 Å². The van der Waals surface area contributed by atoms with Gasteiger partial charge in [-0.05, 0) is 24.3 Å². The molecular weight excluding hydrogens is 379 g/mol. The van der Waals surface area contributed by atoms with E-state index >= 15 is 0 Å². The summed E-state index contributed by atoms with van der Waals surface area (Å²) in [5.41, 5.74) is 1.68. The van der Waals surface area contributed by atoms with Gasteiger partial charge in [0.1, 0.15) is 10.6 Å². The molecule has 0 bridgehead atoms. The largest absolute Gasteiger partial charge is 0.453 e. The van der Waals surface area contributed by atoms with E-state index in [-0.39, 0.29) is 0 Å². The normalized spacial score (nSPS) is 11.6. The predicted octanol–water partition coefficient (Wildman–Crippen LogP) is 5.57. The maximum absolute atomic E-state index is 6.10. The first kappa shape index (κ1) is 14.9. The molecule has 0 N–H and O–H groups in total. The van der Waals surface area contributed by atoms with Crippen molar-refractivity contribution in [3.63, 3.8) is 0 Å². The fourth-order valence-corrected chi connectivity index (χ4v) is 3.74. The van der Waals surface area contributed by atoms with Crippen molar-refractivity contribution in [2.24, 2.45) is 0 Å². The Bertz CT molecular complexity index is 1210. The SMILES string of the molecule is Clc1ccc(-c2nn3c(-c4cc5ccccc5o4)nnc3s2)cc1Cl. The predicted molar refractivity (Wildman–Crippen MR) is 99.3 cm³/mol. The molecule has 0 aliphatic carbocycles. The molecule has 0 radical (unpaired) electrons. The Balaban J connectivity index is 1.65. The molecule has 0 unspecified atom stereocenters. The zero-order valence-corrected chi connectivity index (χ0v) is 14.8. The molecule has 0 amide bonds. The third-order valence-electron chi connectivity index (χ3n) is 3.80. The lowest BCUT2D eigenvalue weighted by Gasteiger charge is -1.98. The van der Waals surface area contributed by atoms with Crippen LogP contribution in [0.2, 0.25) is 10.0 Å². The van der Waals surface area contributed by atoms with Gasteiger partial charge in [-0.25, -0.2) is 0 Å². The molecule has 0 saturated carbocycles. The Hall–Kier alpha value is -2.41. The summed E-state index contributed by atoms with van der Waals surface area (Å²) in [7, 11) is 0. The van der Waals surface area contributed by atoms with Gasteiger partial charge in [0.15, 0.2) is 5.76 Å². The van der Waals surface area contributed by atoms with Crippen LogP contribution in [0.4, 0.5) is 0 Å². The van der Waals surface area contributed by atoms with Gasteiger partial charge in [0.05, 0.1) is 10.0 Å². The Labute approximate surface area is 155 Å². The molecule has 2 aromatic carbocycles. The first-order valence-electron chi connectivity index (χ1n) is 7.36. The Morgan fingerprint density at radius 1 is 0.960 bits per heavy atom. The van der Waals surface area contributed by atoms with Crippen molar-refractivity contribution in [2.45, 2.75) is 0 Å². The lowest BCUT2D eigenvalue weighted by atomic mass is 10.2. The van der Waals surface area contributed by atoms with Crippen molar-refractivity contribution in [3.8, 4) is 22.2 Å². The minimum absolute atomic E-state index is 0.489. The van der Waals surface area contributed by atoms with Crippen LogP contribution in [0.1, 0.15) is 0 Å². The van der Waals surface area contributed by atoms with Crippen molar-refractivity contribution >= 4 is 50.5 Å². The van der Waals surface area contributed by atoms with Crippen molar-refractivity contribution in [1.82, 2.24) is 19.8 Å². The summed E-state index contributed by atoms with van der Waals surface area (Å²) in [5, 5.41) is 15.8. The molecule has 0 saturated heterocycles. The van der Waals surface area contributed by atoms with Crippen LogP contribution < -0.4 is 0 Å². The van der Waals surface area contributed by atoms with Crippen molar-refractivity contribution in [3.05, 3.63) is 58.6 Å². The zero-order valence-electron chi connectivity index (χ0n) is 12.5. The number of nitrogens with zero attached hydrogens (tertiary/aromatic N) is 4. The molecule has 0 aliphatic heterocycles. The van der Waals surface area contributed by atoms with Crippen LogP contribution in [-0.4, -0.2) is 19.8 Å². The first-order chi connectivity index (χ1) is 12.2. The molecule has 3 heterocycles. The molecule has 0 fully saturated rings. The topological polar surface area (TPSA) is 56.2 Å². The van der Waals surface area contributed by atoms with Crippen LogP contribution in [0, 0.1) is 0 Å². The van der Waals surface area contributed by atoms with E-state index in [0.29, 0.717) is 26.6 Å². The van der Waals surface area contributed by atoms with E-state index in [2.05, 4.69) is 15.3 Å². The summed E-state index contributed by atoms with van der Waals surface area (Å²) >= 11 is 13.5. The van der Waals surface area contributed by atoms with Gasteiger partial charge in [-0.3, -0.25) is 0 Å². The molecule has 0 atom stereocenters. The number of fused-ring (bicyclic) bond motifs is 2. The molecule has 0 spiro atoms. The van der Waals surface area contributed by atoms with Crippen LogP contribution in [0.25, 0.3) is 38.1 Å². The second-order valence-electron chi connectivity index (χ2n) is 5.40. The van der Waals surface area contributed by atoms with E-state index in [1.54, 1.807) is 16.6 Å². The molecule has 5 nitrogen and oxygen atoms in total. The van der Waals surface area contributed by atoms with Crippen LogP contribution in [0.3, 0.4) is 0 Å². The minimum atomic E-state index is 0.489. The fourth-order valence-electron chi connectivity index (χ4n) is 2.61. The number of para-hydroxylation sites is 1. The highest BCUT2D eigenvalue weighted by atomic mass is 35.5. The standard InChI is InChI=1S/C17H8Cl2N4OS/c18-11-6-5-10(7-12(11)19)16-22-23-15(20-21-17(23)25-16)14-8-9-3-1-2-4-13(9)24-14/h1-8H. The average Bonchev–Trinajstić information content (AvgIpc) is 3.29. The van der Waals surface area contributed by atoms with Crippen molar-refractivity contribution in [2.75, 3.05) is 0 Å². The smallest absolute Gasteiger partial charge is 0.235 e.